The molecule has 108 valence electrons. The van der Waals surface area contributed by atoms with Crippen LogP contribution in [0.1, 0.15) is 21.5 Å². The van der Waals surface area contributed by atoms with Crippen LogP contribution in [0.2, 0.25) is 5.02 Å². The summed E-state index contributed by atoms with van der Waals surface area (Å²) in [6, 6.07) is 11.9. The first-order chi connectivity index (χ1) is 10.0. The Balaban J connectivity index is 2.35. The van der Waals surface area contributed by atoms with E-state index in [4.69, 9.17) is 22.5 Å². The number of amides is 1. The number of carbonyl (C=O) groups excluding carboxylic acids is 1. The Morgan fingerprint density at radius 1 is 1.29 bits per heavy atom. The predicted octanol–water partition coefficient (Wildman–Crippen LogP) is 3.00. The molecule has 5 nitrogen and oxygen atoms in total. The van der Waals surface area contributed by atoms with Crippen LogP contribution in [0.15, 0.2) is 47.6 Å². The minimum absolute atomic E-state index is 0.105. The van der Waals surface area contributed by atoms with E-state index in [-0.39, 0.29) is 11.7 Å². The average Bonchev–Trinajstić information content (AvgIpc) is 2.46. The zero-order valence-electron chi connectivity index (χ0n) is 11.3. The standard InChI is InChI=1S/C15H14ClN3O2/c1-9-3-2-4-10(7-9)15(20)18-13-8-11(16)5-6-12(13)14(17)19-21/h2-8,21H,1H3,(H2,17,19)(H,18,20). The number of amidine groups is 1. The maximum Gasteiger partial charge on any atom is 0.255 e. The number of hydrogen-bond donors (Lipinski definition) is 3. The first-order valence-corrected chi connectivity index (χ1v) is 6.54. The third-order valence-electron chi connectivity index (χ3n) is 2.89. The van der Waals surface area contributed by atoms with Crippen molar-refractivity contribution in [2.45, 2.75) is 6.92 Å². The van der Waals surface area contributed by atoms with Crippen LogP contribution in [0.25, 0.3) is 0 Å². The van der Waals surface area contributed by atoms with Crippen molar-refractivity contribution in [2.24, 2.45) is 10.9 Å². The van der Waals surface area contributed by atoms with Crippen molar-refractivity contribution in [1.29, 1.82) is 0 Å². The van der Waals surface area contributed by atoms with Crippen molar-refractivity contribution in [3.63, 3.8) is 0 Å². The Bertz CT molecular complexity index is 714. The molecule has 0 aliphatic heterocycles. The van der Waals surface area contributed by atoms with Gasteiger partial charge in [0, 0.05) is 16.1 Å². The molecule has 0 saturated carbocycles. The zero-order valence-corrected chi connectivity index (χ0v) is 12.1. The van der Waals surface area contributed by atoms with Gasteiger partial charge in [0.25, 0.3) is 5.91 Å². The van der Waals surface area contributed by atoms with Crippen molar-refractivity contribution < 1.29 is 10.0 Å². The minimum Gasteiger partial charge on any atom is -0.409 e. The van der Waals surface area contributed by atoms with Gasteiger partial charge in [-0.05, 0) is 37.3 Å². The number of hydrogen-bond acceptors (Lipinski definition) is 3. The van der Waals surface area contributed by atoms with Crippen molar-refractivity contribution in [2.75, 3.05) is 5.32 Å². The van der Waals surface area contributed by atoms with Gasteiger partial charge in [0.1, 0.15) is 0 Å². The largest absolute Gasteiger partial charge is 0.409 e. The summed E-state index contributed by atoms with van der Waals surface area (Å²) < 4.78 is 0. The Morgan fingerprint density at radius 2 is 2.05 bits per heavy atom. The second kappa shape index (κ2) is 6.28. The van der Waals surface area contributed by atoms with Crippen LogP contribution < -0.4 is 11.1 Å². The molecule has 2 rings (SSSR count). The maximum absolute atomic E-state index is 12.2. The van der Waals surface area contributed by atoms with Crippen LogP contribution in [0.5, 0.6) is 0 Å². The van der Waals surface area contributed by atoms with E-state index >= 15 is 0 Å². The van der Waals surface area contributed by atoms with E-state index in [0.717, 1.165) is 5.56 Å². The van der Waals surface area contributed by atoms with E-state index in [1.165, 1.54) is 0 Å². The molecule has 0 bridgehead atoms. The molecular formula is C15H14ClN3O2. The second-order valence-electron chi connectivity index (χ2n) is 4.50. The summed E-state index contributed by atoms with van der Waals surface area (Å²) in [5, 5.41) is 14.9. The number of rotatable bonds is 3. The Kier molecular flexibility index (Phi) is 4.45. The summed E-state index contributed by atoms with van der Waals surface area (Å²) in [5.74, 6) is -0.404. The molecule has 1 amide bonds. The smallest absolute Gasteiger partial charge is 0.255 e. The average molecular weight is 304 g/mol. The van der Waals surface area contributed by atoms with Crippen molar-refractivity contribution in [3.05, 3.63) is 64.2 Å². The molecule has 0 fully saturated rings. The van der Waals surface area contributed by atoms with Gasteiger partial charge < -0.3 is 16.3 Å². The van der Waals surface area contributed by atoms with Gasteiger partial charge in [0.15, 0.2) is 5.84 Å². The normalized spacial score (nSPS) is 11.2. The lowest BCUT2D eigenvalue weighted by molar-refractivity contribution is 0.102. The summed E-state index contributed by atoms with van der Waals surface area (Å²) in [6.07, 6.45) is 0. The van der Waals surface area contributed by atoms with Crippen molar-refractivity contribution in [1.82, 2.24) is 0 Å². The monoisotopic (exact) mass is 303 g/mol. The molecule has 0 saturated heterocycles. The molecular weight excluding hydrogens is 290 g/mol. The number of nitrogens with one attached hydrogen (secondary N) is 1. The number of anilines is 1. The van der Waals surface area contributed by atoms with E-state index < -0.39 is 0 Å². The molecule has 0 spiro atoms. The third kappa shape index (κ3) is 3.52. The number of halogens is 1. The fraction of sp³-hybridized carbons (Fsp3) is 0.0667. The number of carbonyl (C=O) groups is 1. The van der Waals surface area contributed by atoms with Gasteiger partial charge in [-0.25, -0.2) is 0 Å². The van der Waals surface area contributed by atoms with Gasteiger partial charge in [-0.2, -0.15) is 0 Å². The Labute approximate surface area is 127 Å². The summed E-state index contributed by atoms with van der Waals surface area (Å²) in [4.78, 5) is 12.2. The fourth-order valence-electron chi connectivity index (χ4n) is 1.88. The highest BCUT2D eigenvalue weighted by atomic mass is 35.5. The van der Waals surface area contributed by atoms with Gasteiger partial charge >= 0.3 is 0 Å². The van der Waals surface area contributed by atoms with Crippen LogP contribution in [-0.4, -0.2) is 17.0 Å². The van der Waals surface area contributed by atoms with Crippen molar-refractivity contribution >= 4 is 29.0 Å². The van der Waals surface area contributed by atoms with Crippen LogP contribution in [0.4, 0.5) is 5.69 Å². The number of aryl methyl sites for hydroxylation is 1. The summed E-state index contributed by atoms with van der Waals surface area (Å²) >= 11 is 5.92. The molecule has 0 unspecified atom stereocenters. The Morgan fingerprint density at radius 3 is 2.71 bits per heavy atom. The maximum atomic E-state index is 12.2. The van der Waals surface area contributed by atoms with E-state index in [1.54, 1.807) is 36.4 Å². The number of nitrogens with zero attached hydrogens (tertiary/aromatic N) is 1. The van der Waals surface area contributed by atoms with E-state index in [2.05, 4.69) is 10.5 Å². The van der Waals surface area contributed by atoms with Crippen molar-refractivity contribution in [3.8, 4) is 0 Å². The lowest BCUT2D eigenvalue weighted by Crippen LogP contribution is -2.19. The topological polar surface area (TPSA) is 87.7 Å². The highest BCUT2D eigenvalue weighted by molar-refractivity contribution is 6.31. The number of oxime groups is 1. The van der Waals surface area contributed by atoms with Crippen LogP contribution in [-0.2, 0) is 0 Å². The second-order valence-corrected chi connectivity index (χ2v) is 4.94. The quantitative estimate of drug-likeness (QED) is 0.352. The molecule has 0 aliphatic carbocycles. The third-order valence-corrected chi connectivity index (χ3v) is 3.13. The molecule has 0 aromatic heterocycles. The van der Waals surface area contributed by atoms with Gasteiger partial charge in [-0.15, -0.1) is 0 Å². The molecule has 4 N–H and O–H groups in total. The van der Waals surface area contributed by atoms with E-state index in [9.17, 15) is 4.79 Å². The highest BCUT2D eigenvalue weighted by Crippen LogP contribution is 2.22. The molecule has 2 aromatic carbocycles. The molecule has 6 heteroatoms. The SMILES string of the molecule is Cc1cccc(C(=O)Nc2cc(Cl)ccc2C(N)=NO)c1. The van der Waals surface area contributed by atoms with Crippen LogP contribution in [0.3, 0.4) is 0 Å². The van der Waals surface area contributed by atoms with Crippen LogP contribution >= 0.6 is 11.6 Å². The van der Waals surface area contributed by atoms with Gasteiger partial charge in [0.05, 0.1) is 5.69 Å². The van der Waals surface area contributed by atoms with Gasteiger partial charge in [-0.3, -0.25) is 4.79 Å². The molecule has 0 aliphatic rings. The molecule has 21 heavy (non-hydrogen) atoms. The van der Waals surface area contributed by atoms with E-state index in [0.29, 0.717) is 21.8 Å². The molecule has 0 radical (unpaired) electrons. The summed E-state index contributed by atoms with van der Waals surface area (Å²) in [6.45, 7) is 1.90. The zero-order chi connectivity index (χ0) is 15.4. The lowest BCUT2D eigenvalue weighted by atomic mass is 10.1. The number of nitrogens with two attached hydrogens (primary N) is 1. The molecule has 2 aromatic rings. The molecule has 0 atom stereocenters. The summed E-state index contributed by atoms with van der Waals surface area (Å²) in [7, 11) is 0. The first-order valence-electron chi connectivity index (χ1n) is 6.16. The predicted molar refractivity (Wildman–Crippen MR) is 83.1 cm³/mol. The van der Waals surface area contributed by atoms with Crippen LogP contribution in [0, 0.1) is 6.92 Å². The minimum atomic E-state index is -0.298. The highest BCUT2D eigenvalue weighted by Gasteiger charge is 2.12. The first kappa shape index (κ1) is 14.9. The van der Waals surface area contributed by atoms with Gasteiger partial charge in [0.2, 0.25) is 0 Å². The number of benzene rings is 2. The van der Waals surface area contributed by atoms with E-state index in [1.807, 2.05) is 13.0 Å². The lowest BCUT2D eigenvalue weighted by Gasteiger charge is -2.11. The van der Waals surface area contributed by atoms with Gasteiger partial charge in [-0.1, -0.05) is 34.5 Å². The fourth-order valence-corrected chi connectivity index (χ4v) is 2.05. The molecule has 0 heterocycles. The Hall–Kier alpha value is -2.53. The summed E-state index contributed by atoms with van der Waals surface area (Å²) in [5.41, 5.74) is 7.85.